The summed E-state index contributed by atoms with van der Waals surface area (Å²) in [4.78, 5) is 25.3. The summed E-state index contributed by atoms with van der Waals surface area (Å²) in [5.74, 6) is -0.359. The van der Waals surface area contributed by atoms with E-state index in [2.05, 4.69) is 10.0 Å². The van der Waals surface area contributed by atoms with Crippen molar-refractivity contribution in [2.24, 2.45) is 0 Å². The molecule has 2 N–H and O–H groups in total. The van der Waals surface area contributed by atoms with Crippen molar-refractivity contribution in [3.8, 4) is 0 Å². The second kappa shape index (κ2) is 6.76. The van der Waals surface area contributed by atoms with E-state index in [0.29, 0.717) is 18.0 Å². The Morgan fingerprint density at radius 3 is 2.86 bits per heavy atom. The van der Waals surface area contributed by atoms with Gasteiger partial charge in [0, 0.05) is 38.0 Å². The first-order valence-electron chi connectivity index (χ1n) is 6.98. The van der Waals surface area contributed by atoms with Crippen LogP contribution in [0.25, 0.3) is 0 Å². The monoisotopic (exact) mass is 345 g/mol. The average Bonchev–Trinajstić information content (AvgIpc) is 3.06. The van der Waals surface area contributed by atoms with Crippen LogP contribution < -0.4 is 10.0 Å². The van der Waals surface area contributed by atoms with Gasteiger partial charge in [0.2, 0.25) is 15.9 Å². The highest BCUT2D eigenvalue weighted by molar-refractivity contribution is 7.89. The van der Waals surface area contributed by atoms with Crippen molar-refractivity contribution in [2.75, 3.05) is 20.1 Å². The predicted molar refractivity (Wildman–Crippen MR) is 83.3 cm³/mol. The van der Waals surface area contributed by atoms with Gasteiger partial charge in [0.15, 0.2) is 0 Å². The number of nitrogens with one attached hydrogen (secondary N) is 2. The topological polar surface area (TPSA) is 95.6 Å². The predicted octanol–water partition coefficient (Wildman–Crippen LogP) is 0.397. The quantitative estimate of drug-likeness (QED) is 0.780. The van der Waals surface area contributed by atoms with E-state index in [-0.39, 0.29) is 23.1 Å². The smallest absolute Gasteiger partial charge is 0.261 e. The third kappa shape index (κ3) is 3.65. The highest BCUT2D eigenvalue weighted by atomic mass is 32.2. The molecule has 1 aromatic rings. The molecule has 122 valence electrons. The van der Waals surface area contributed by atoms with E-state index in [4.69, 9.17) is 0 Å². The molecule has 0 spiro atoms. The Morgan fingerprint density at radius 1 is 1.50 bits per heavy atom. The van der Waals surface area contributed by atoms with Crippen LogP contribution in [0.2, 0.25) is 0 Å². The van der Waals surface area contributed by atoms with E-state index in [1.165, 1.54) is 18.5 Å². The highest BCUT2D eigenvalue weighted by Gasteiger charge is 2.32. The molecule has 0 saturated carbocycles. The van der Waals surface area contributed by atoms with Gasteiger partial charge < -0.3 is 10.2 Å². The summed E-state index contributed by atoms with van der Waals surface area (Å²) in [5.41, 5.74) is 0. The lowest BCUT2D eigenvalue weighted by Gasteiger charge is -2.15. The normalized spacial score (nSPS) is 18.7. The van der Waals surface area contributed by atoms with Crippen molar-refractivity contribution >= 4 is 33.2 Å². The Kier molecular flexibility index (Phi) is 5.20. The fourth-order valence-corrected chi connectivity index (χ4v) is 4.77. The minimum absolute atomic E-state index is 0.0362. The Balaban J connectivity index is 2.07. The Bertz CT molecular complexity index is 669. The molecule has 1 atom stereocenters. The van der Waals surface area contributed by atoms with Crippen LogP contribution in [-0.4, -0.2) is 51.3 Å². The van der Waals surface area contributed by atoms with Crippen molar-refractivity contribution < 1.29 is 18.0 Å². The summed E-state index contributed by atoms with van der Waals surface area (Å²) in [7, 11) is -2.24. The number of thiophene rings is 1. The molecule has 9 heteroatoms. The third-order valence-corrected chi connectivity index (χ3v) is 5.94. The number of amides is 2. The van der Waals surface area contributed by atoms with E-state index in [1.807, 2.05) is 6.92 Å². The number of carbonyl (C=O) groups is 2. The van der Waals surface area contributed by atoms with E-state index in [0.717, 1.165) is 17.8 Å². The fraction of sp³-hybridized carbons (Fsp3) is 0.538. The summed E-state index contributed by atoms with van der Waals surface area (Å²) in [5, 5.41) is 3.87. The van der Waals surface area contributed by atoms with E-state index in [9.17, 15) is 18.0 Å². The van der Waals surface area contributed by atoms with Gasteiger partial charge in [-0.25, -0.2) is 13.1 Å². The largest absolute Gasteiger partial charge is 0.354 e. The molecule has 0 aliphatic carbocycles. The van der Waals surface area contributed by atoms with Crippen LogP contribution in [0.5, 0.6) is 0 Å². The highest BCUT2D eigenvalue weighted by Crippen LogP contribution is 2.21. The Hall–Kier alpha value is -1.45. The maximum atomic E-state index is 12.3. The second-order valence-corrected chi connectivity index (χ2v) is 7.71. The van der Waals surface area contributed by atoms with Gasteiger partial charge in [0.1, 0.15) is 0 Å². The zero-order valence-electron chi connectivity index (χ0n) is 12.5. The van der Waals surface area contributed by atoms with Crippen molar-refractivity contribution in [2.45, 2.75) is 30.7 Å². The van der Waals surface area contributed by atoms with Crippen LogP contribution in [0.4, 0.5) is 0 Å². The number of rotatable bonds is 6. The summed E-state index contributed by atoms with van der Waals surface area (Å²) in [6.45, 7) is 2.99. The molecule has 0 aromatic carbocycles. The lowest BCUT2D eigenvalue weighted by Crippen LogP contribution is -2.37. The fourth-order valence-electron chi connectivity index (χ4n) is 2.33. The molecule has 1 saturated heterocycles. The number of likely N-dealkylation sites (tertiary alicyclic amines) is 1. The maximum absolute atomic E-state index is 12.3. The second-order valence-electron chi connectivity index (χ2n) is 5.09. The first kappa shape index (κ1) is 16.9. The lowest BCUT2D eigenvalue weighted by atomic mass is 10.3. The first-order valence-corrected chi connectivity index (χ1v) is 9.34. The minimum atomic E-state index is -3.72. The molecule has 2 heterocycles. The standard InChI is InChI=1S/C13H19N3O4S2/c1-3-4-16-7-9(5-12(16)17)15-22(19,20)10-6-11(21-8-10)13(18)14-2/h6,8-9,15H,3-5,7H2,1-2H3,(H,14,18). The first-order chi connectivity index (χ1) is 10.4. The molecule has 1 unspecified atom stereocenters. The number of hydrogen-bond acceptors (Lipinski definition) is 5. The molecule has 2 amide bonds. The van der Waals surface area contributed by atoms with Gasteiger partial charge >= 0.3 is 0 Å². The molecule has 22 heavy (non-hydrogen) atoms. The minimum Gasteiger partial charge on any atom is -0.354 e. The van der Waals surface area contributed by atoms with Crippen LogP contribution in [0.3, 0.4) is 0 Å². The van der Waals surface area contributed by atoms with Gasteiger partial charge in [-0.05, 0) is 12.5 Å². The molecule has 1 aromatic heterocycles. The SMILES string of the molecule is CCCN1CC(NS(=O)(=O)c2csc(C(=O)NC)c2)CC1=O. The van der Waals surface area contributed by atoms with Crippen molar-refractivity contribution in [3.63, 3.8) is 0 Å². The summed E-state index contributed by atoms with van der Waals surface area (Å²) in [6, 6.07) is 0.916. The third-order valence-electron chi connectivity index (χ3n) is 3.37. The van der Waals surface area contributed by atoms with Crippen LogP contribution in [-0.2, 0) is 14.8 Å². The van der Waals surface area contributed by atoms with Gasteiger partial charge in [-0.3, -0.25) is 9.59 Å². The van der Waals surface area contributed by atoms with Crippen molar-refractivity contribution in [3.05, 3.63) is 16.3 Å². The number of sulfonamides is 1. The van der Waals surface area contributed by atoms with Gasteiger partial charge in [-0.15, -0.1) is 11.3 Å². The number of hydrogen-bond donors (Lipinski definition) is 2. The molecule has 0 bridgehead atoms. The van der Waals surface area contributed by atoms with Crippen molar-refractivity contribution in [1.29, 1.82) is 0 Å². The molecule has 0 radical (unpaired) electrons. The summed E-state index contributed by atoms with van der Waals surface area (Å²) in [6.07, 6.45) is 1.01. The van der Waals surface area contributed by atoms with Crippen LogP contribution in [0, 0.1) is 0 Å². The zero-order chi connectivity index (χ0) is 16.3. The number of nitrogens with zero attached hydrogens (tertiary/aromatic N) is 1. The van der Waals surface area contributed by atoms with E-state index >= 15 is 0 Å². The van der Waals surface area contributed by atoms with Gasteiger partial charge in [0.25, 0.3) is 5.91 Å². The molecule has 1 aliphatic rings. The van der Waals surface area contributed by atoms with E-state index < -0.39 is 16.1 Å². The molecule has 7 nitrogen and oxygen atoms in total. The Morgan fingerprint density at radius 2 is 2.23 bits per heavy atom. The maximum Gasteiger partial charge on any atom is 0.261 e. The van der Waals surface area contributed by atoms with Crippen molar-refractivity contribution in [1.82, 2.24) is 14.9 Å². The van der Waals surface area contributed by atoms with Crippen LogP contribution >= 0.6 is 11.3 Å². The zero-order valence-corrected chi connectivity index (χ0v) is 14.1. The summed E-state index contributed by atoms with van der Waals surface area (Å²) >= 11 is 1.07. The van der Waals surface area contributed by atoms with Crippen LogP contribution in [0.1, 0.15) is 29.4 Å². The van der Waals surface area contributed by atoms with Crippen LogP contribution in [0.15, 0.2) is 16.3 Å². The summed E-state index contributed by atoms with van der Waals surface area (Å²) < 4.78 is 27.2. The molecule has 1 fully saturated rings. The molecular weight excluding hydrogens is 326 g/mol. The average molecular weight is 345 g/mol. The Labute approximate surface area is 133 Å². The number of carbonyl (C=O) groups excluding carboxylic acids is 2. The lowest BCUT2D eigenvalue weighted by molar-refractivity contribution is -0.127. The van der Waals surface area contributed by atoms with Gasteiger partial charge in [0.05, 0.1) is 9.77 Å². The molecular formula is C13H19N3O4S2. The molecule has 1 aliphatic heterocycles. The molecule has 2 rings (SSSR count). The van der Waals surface area contributed by atoms with Gasteiger partial charge in [-0.2, -0.15) is 0 Å². The van der Waals surface area contributed by atoms with E-state index in [1.54, 1.807) is 4.90 Å². The van der Waals surface area contributed by atoms with Gasteiger partial charge in [-0.1, -0.05) is 6.92 Å².